The molecule has 1 aromatic rings. The second kappa shape index (κ2) is 4.12. The molecule has 1 aliphatic rings. The van der Waals surface area contributed by atoms with Crippen LogP contribution in [0.2, 0.25) is 0 Å². The fourth-order valence-electron chi connectivity index (χ4n) is 2.19. The lowest BCUT2D eigenvalue weighted by atomic mass is 10.0. The molecule has 0 radical (unpaired) electrons. The van der Waals surface area contributed by atoms with Crippen LogP contribution < -0.4 is 4.90 Å². The van der Waals surface area contributed by atoms with Crippen LogP contribution in [0.1, 0.15) is 32.3 Å². The molecule has 2 nitrogen and oxygen atoms in total. The molecule has 0 bridgehead atoms. The SMILES string of the molecule is CC1(C)CCCN1c1ccc(CBr)cn1. The lowest BCUT2D eigenvalue weighted by Gasteiger charge is -2.32. The van der Waals surface area contributed by atoms with Gasteiger partial charge in [0.05, 0.1) is 0 Å². The van der Waals surface area contributed by atoms with Gasteiger partial charge in [-0.3, -0.25) is 0 Å². The molecule has 1 saturated heterocycles. The van der Waals surface area contributed by atoms with Crippen molar-refractivity contribution >= 4 is 21.7 Å². The van der Waals surface area contributed by atoms with E-state index in [1.807, 2.05) is 6.20 Å². The standard InChI is InChI=1S/C12H17BrN2/c1-12(2)6-3-7-15(12)11-5-4-10(8-13)9-14-11/h4-5,9H,3,6-8H2,1-2H3. The normalized spacial score (nSPS) is 19.5. The summed E-state index contributed by atoms with van der Waals surface area (Å²) >= 11 is 3.43. The van der Waals surface area contributed by atoms with Crippen molar-refractivity contribution in [2.75, 3.05) is 11.4 Å². The number of halogens is 1. The fraction of sp³-hybridized carbons (Fsp3) is 0.583. The van der Waals surface area contributed by atoms with E-state index in [4.69, 9.17) is 0 Å². The Kier molecular flexibility index (Phi) is 3.01. The number of nitrogens with zero attached hydrogens (tertiary/aromatic N) is 2. The third-order valence-electron chi connectivity index (χ3n) is 3.14. The van der Waals surface area contributed by atoms with Crippen LogP contribution in [0.25, 0.3) is 0 Å². The van der Waals surface area contributed by atoms with Crippen LogP contribution in [0, 0.1) is 0 Å². The monoisotopic (exact) mass is 268 g/mol. The van der Waals surface area contributed by atoms with E-state index < -0.39 is 0 Å². The van der Waals surface area contributed by atoms with Crippen molar-refractivity contribution in [1.29, 1.82) is 0 Å². The Hall–Kier alpha value is -0.570. The van der Waals surface area contributed by atoms with Crippen LogP contribution in [0.5, 0.6) is 0 Å². The molecule has 0 atom stereocenters. The number of hydrogen-bond donors (Lipinski definition) is 0. The van der Waals surface area contributed by atoms with Gasteiger partial charge < -0.3 is 4.90 Å². The largest absolute Gasteiger partial charge is 0.352 e. The highest BCUT2D eigenvalue weighted by Crippen LogP contribution is 2.32. The molecular formula is C12H17BrN2. The molecule has 0 aliphatic carbocycles. The second-order valence-corrected chi connectivity index (χ2v) is 5.29. The number of rotatable bonds is 2. The van der Waals surface area contributed by atoms with Gasteiger partial charge in [0.1, 0.15) is 5.82 Å². The van der Waals surface area contributed by atoms with E-state index in [9.17, 15) is 0 Å². The molecule has 0 N–H and O–H groups in total. The number of anilines is 1. The highest BCUT2D eigenvalue weighted by Gasteiger charge is 2.32. The summed E-state index contributed by atoms with van der Waals surface area (Å²) < 4.78 is 0. The fourth-order valence-corrected chi connectivity index (χ4v) is 2.52. The van der Waals surface area contributed by atoms with Crippen LogP contribution in [0.3, 0.4) is 0 Å². The summed E-state index contributed by atoms with van der Waals surface area (Å²) in [5, 5.41) is 0.879. The average Bonchev–Trinajstić information content (AvgIpc) is 2.58. The molecule has 2 rings (SSSR count). The van der Waals surface area contributed by atoms with E-state index in [1.165, 1.54) is 18.4 Å². The first-order chi connectivity index (χ1) is 7.13. The summed E-state index contributed by atoms with van der Waals surface area (Å²) in [6.45, 7) is 5.72. The van der Waals surface area contributed by atoms with Gasteiger partial charge in [0.2, 0.25) is 0 Å². The highest BCUT2D eigenvalue weighted by molar-refractivity contribution is 9.08. The van der Waals surface area contributed by atoms with Crippen molar-refractivity contribution in [2.24, 2.45) is 0 Å². The summed E-state index contributed by atoms with van der Waals surface area (Å²) in [6, 6.07) is 4.27. The first-order valence-electron chi connectivity index (χ1n) is 5.42. The molecule has 2 heterocycles. The van der Waals surface area contributed by atoms with Gasteiger partial charge in [-0.15, -0.1) is 0 Å². The molecule has 82 valence electrons. The summed E-state index contributed by atoms with van der Waals surface area (Å²) in [6.07, 6.45) is 4.49. The summed E-state index contributed by atoms with van der Waals surface area (Å²) in [7, 11) is 0. The quantitative estimate of drug-likeness (QED) is 0.765. The van der Waals surface area contributed by atoms with Crippen LogP contribution in [-0.2, 0) is 5.33 Å². The summed E-state index contributed by atoms with van der Waals surface area (Å²) in [4.78, 5) is 6.93. The smallest absolute Gasteiger partial charge is 0.128 e. The zero-order chi connectivity index (χ0) is 10.9. The molecule has 0 spiro atoms. The van der Waals surface area contributed by atoms with Crippen molar-refractivity contribution < 1.29 is 0 Å². The van der Waals surface area contributed by atoms with E-state index in [0.29, 0.717) is 0 Å². The second-order valence-electron chi connectivity index (χ2n) is 4.73. The zero-order valence-electron chi connectivity index (χ0n) is 9.33. The van der Waals surface area contributed by atoms with E-state index in [2.05, 4.69) is 51.8 Å². The first kappa shape index (κ1) is 10.9. The Labute approximate surface area is 99.8 Å². The van der Waals surface area contributed by atoms with Crippen molar-refractivity contribution in [3.63, 3.8) is 0 Å². The van der Waals surface area contributed by atoms with Gasteiger partial charge in [-0.1, -0.05) is 22.0 Å². The van der Waals surface area contributed by atoms with Gasteiger partial charge in [0.25, 0.3) is 0 Å². The van der Waals surface area contributed by atoms with E-state index in [1.54, 1.807) is 0 Å². The average molecular weight is 269 g/mol. The Morgan fingerprint density at radius 3 is 2.73 bits per heavy atom. The minimum absolute atomic E-state index is 0.267. The Morgan fingerprint density at radius 2 is 2.27 bits per heavy atom. The van der Waals surface area contributed by atoms with Crippen LogP contribution in [0.4, 0.5) is 5.82 Å². The maximum atomic E-state index is 4.52. The summed E-state index contributed by atoms with van der Waals surface area (Å²) in [5.41, 5.74) is 1.50. The Bertz CT molecular complexity index is 332. The third-order valence-corrected chi connectivity index (χ3v) is 3.79. The Morgan fingerprint density at radius 1 is 1.47 bits per heavy atom. The van der Waals surface area contributed by atoms with Crippen LogP contribution in [-0.4, -0.2) is 17.1 Å². The number of pyridine rings is 1. The molecule has 1 aliphatic heterocycles. The first-order valence-corrected chi connectivity index (χ1v) is 6.54. The van der Waals surface area contributed by atoms with E-state index in [-0.39, 0.29) is 5.54 Å². The summed E-state index contributed by atoms with van der Waals surface area (Å²) in [5.74, 6) is 1.11. The van der Waals surface area contributed by atoms with Crippen molar-refractivity contribution in [3.05, 3.63) is 23.9 Å². The molecular weight excluding hydrogens is 252 g/mol. The molecule has 0 aromatic carbocycles. The van der Waals surface area contributed by atoms with Crippen molar-refractivity contribution in [1.82, 2.24) is 4.98 Å². The lowest BCUT2D eigenvalue weighted by molar-refractivity contribution is 0.514. The maximum absolute atomic E-state index is 4.52. The molecule has 3 heteroatoms. The highest BCUT2D eigenvalue weighted by atomic mass is 79.9. The number of aromatic nitrogens is 1. The molecule has 1 aromatic heterocycles. The van der Waals surface area contributed by atoms with E-state index in [0.717, 1.165) is 17.7 Å². The van der Waals surface area contributed by atoms with Gasteiger partial charge in [0, 0.05) is 23.6 Å². The Balaban J connectivity index is 2.22. The van der Waals surface area contributed by atoms with Gasteiger partial charge >= 0.3 is 0 Å². The molecule has 0 saturated carbocycles. The predicted molar refractivity (Wildman–Crippen MR) is 67.5 cm³/mol. The van der Waals surface area contributed by atoms with E-state index >= 15 is 0 Å². The third kappa shape index (κ3) is 2.17. The molecule has 0 amide bonds. The van der Waals surface area contributed by atoms with Gasteiger partial charge in [-0.05, 0) is 38.3 Å². The minimum Gasteiger partial charge on any atom is -0.352 e. The number of alkyl halides is 1. The van der Waals surface area contributed by atoms with Gasteiger partial charge in [-0.2, -0.15) is 0 Å². The molecule has 15 heavy (non-hydrogen) atoms. The van der Waals surface area contributed by atoms with Crippen LogP contribution in [0.15, 0.2) is 18.3 Å². The topological polar surface area (TPSA) is 16.1 Å². The van der Waals surface area contributed by atoms with Gasteiger partial charge in [0.15, 0.2) is 0 Å². The zero-order valence-corrected chi connectivity index (χ0v) is 10.9. The molecule has 1 fully saturated rings. The van der Waals surface area contributed by atoms with Gasteiger partial charge in [-0.25, -0.2) is 4.98 Å². The van der Waals surface area contributed by atoms with Crippen LogP contribution >= 0.6 is 15.9 Å². The van der Waals surface area contributed by atoms with Crippen molar-refractivity contribution in [3.8, 4) is 0 Å². The molecule has 0 unspecified atom stereocenters. The van der Waals surface area contributed by atoms with Crippen molar-refractivity contribution in [2.45, 2.75) is 37.6 Å². The maximum Gasteiger partial charge on any atom is 0.128 e. The lowest BCUT2D eigenvalue weighted by Crippen LogP contribution is -2.38. The number of hydrogen-bond acceptors (Lipinski definition) is 2. The predicted octanol–water partition coefficient (Wildman–Crippen LogP) is 3.36. The minimum atomic E-state index is 0.267.